The zero-order chi connectivity index (χ0) is 10.1. The van der Waals surface area contributed by atoms with E-state index in [1.165, 1.54) is 0 Å². The van der Waals surface area contributed by atoms with E-state index >= 15 is 0 Å². The van der Waals surface area contributed by atoms with Gasteiger partial charge in [0.25, 0.3) is 5.78 Å². The number of hydrogen-bond donors (Lipinski definition) is 0. The molecule has 0 bridgehead atoms. The Morgan fingerprint density at radius 1 is 1.57 bits per heavy atom. The number of ketones is 1. The number of pyridine rings is 1. The highest BCUT2D eigenvalue weighted by atomic mass is 16.1. The van der Waals surface area contributed by atoms with Crippen LogP contribution in [0.3, 0.4) is 0 Å². The van der Waals surface area contributed by atoms with Gasteiger partial charge in [-0.15, -0.1) is 6.42 Å². The molecular formula is C11H8N2O. The maximum Gasteiger partial charge on any atom is 0.254 e. The third kappa shape index (κ3) is 1.09. The minimum Gasteiger partial charge on any atom is -0.296 e. The fourth-order valence-corrected chi connectivity index (χ4v) is 1.46. The van der Waals surface area contributed by atoms with E-state index in [0.717, 1.165) is 5.65 Å². The van der Waals surface area contributed by atoms with Crippen LogP contribution >= 0.6 is 0 Å². The fraction of sp³-hybridized carbons (Fsp3) is 0.0909. The maximum atomic E-state index is 11.4. The second kappa shape index (κ2) is 3.00. The van der Waals surface area contributed by atoms with Crippen LogP contribution in [0.4, 0.5) is 0 Å². The van der Waals surface area contributed by atoms with Crippen molar-refractivity contribution in [1.29, 1.82) is 0 Å². The summed E-state index contributed by atoms with van der Waals surface area (Å²) in [6.45, 7) is 1.78. The molecule has 0 spiro atoms. The summed E-state index contributed by atoms with van der Waals surface area (Å²) in [7, 11) is 0. The van der Waals surface area contributed by atoms with Gasteiger partial charge in [-0.05, 0) is 25.0 Å². The zero-order valence-corrected chi connectivity index (χ0v) is 7.69. The third-order valence-corrected chi connectivity index (χ3v) is 2.05. The average molecular weight is 184 g/mol. The molecule has 3 nitrogen and oxygen atoms in total. The van der Waals surface area contributed by atoms with Crippen LogP contribution in [0.25, 0.3) is 5.65 Å². The monoisotopic (exact) mass is 184 g/mol. The largest absolute Gasteiger partial charge is 0.296 e. The van der Waals surface area contributed by atoms with Gasteiger partial charge in [0.2, 0.25) is 0 Å². The Labute approximate surface area is 81.4 Å². The first-order valence-electron chi connectivity index (χ1n) is 4.18. The molecule has 0 N–H and O–H groups in total. The lowest BCUT2D eigenvalue weighted by atomic mass is 10.2. The summed E-state index contributed by atoms with van der Waals surface area (Å²) in [6, 6.07) is 5.54. The fourth-order valence-electron chi connectivity index (χ4n) is 1.46. The van der Waals surface area contributed by atoms with Gasteiger partial charge in [0.05, 0.1) is 5.69 Å². The molecule has 2 aromatic heterocycles. The molecule has 68 valence electrons. The van der Waals surface area contributed by atoms with Gasteiger partial charge in [-0.3, -0.25) is 9.20 Å². The molecular weight excluding hydrogens is 176 g/mol. The highest BCUT2D eigenvalue weighted by Gasteiger charge is 2.13. The molecule has 0 unspecified atom stereocenters. The van der Waals surface area contributed by atoms with E-state index in [0.29, 0.717) is 11.4 Å². The number of hydrogen-bond acceptors (Lipinski definition) is 2. The van der Waals surface area contributed by atoms with Crippen molar-refractivity contribution in [3.63, 3.8) is 0 Å². The van der Waals surface area contributed by atoms with E-state index in [1.807, 2.05) is 18.2 Å². The lowest BCUT2D eigenvalue weighted by molar-refractivity contribution is 0.105. The van der Waals surface area contributed by atoms with Crippen LogP contribution in [0.5, 0.6) is 0 Å². The van der Waals surface area contributed by atoms with Crippen LogP contribution in [0, 0.1) is 19.3 Å². The van der Waals surface area contributed by atoms with E-state index in [-0.39, 0.29) is 5.78 Å². The molecule has 3 heteroatoms. The second-order valence-electron chi connectivity index (χ2n) is 2.95. The van der Waals surface area contributed by atoms with Crippen LogP contribution in [0.15, 0.2) is 24.4 Å². The smallest absolute Gasteiger partial charge is 0.254 e. The number of terminal acetylenes is 1. The molecule has 0 fully saturated rings. The summed E-state index contributed by atoms with van der Waals surface area (Å²) in [6.07, 6.45) is 6.86. The first kappa shape index (κ1) is 8.52. The van der Waals surface area contributed by atoms with E-state index in [9.17, 15) is 4.79 Å². The minimum atomic E-state index is -0.332. The van der Waals surface area contributed by atoms with Crippen LogP contribution in [-0.4, -0.2) is 15.2 Å². The Kier molecular flexibility index (Phi) is 1.83. The van der Waals surface area contributed by atoms with E-state index in [1.54, 1.807) is 17.5 Å². The highest BCUT2D eigenvalue weighted by Crippen LogP contribution is 2.11. The lowest BCUT2D eigenvalue weighted by Gasteiger charge is -1.95. The van der Waals surface area contributed by atoms with E-state index in [2.05, 4.69) is 10.9 Å². The Balaban J connectivity index is 2.82. The molecule has 0 aliphatic rings. The highest BCUT2D eigenvalue weighted by molar-refractivity contribution is 6.08. The van der Waals surface area contributed by atoms with Gasteiger partial charge in [-0.25, -0.2) is 4.98 Å². The van der Waals surface area contributed by atoms with Crippen molar-refractivity contribution in [2.24, 2.45) is 0 Å². The van der Waals surface area contributed by atoms with Gasteiger partial charge in [0, 0.05) is 6.20 Å². The van der Waals surface area contributed by atoms with Gasteiger partial charge >= 0.3 is 0 Å². The molecule has 0 radical (unpaired) electrons. The first-order valence-corrected chi connectivity index (χ1v) is 4.18. The van der Waals surface area contributed by atoms with Crippen LogP contribution in [-0.2, 0) is 0 Å². The van der Waals surface area contributed by atoms with Crippen molar-refractivity contribution in [2.75, 3.05) is 0 Å². The number of fused-ring (bicyclic) bond motifs is 1. The number of Topliss-reactive ketones (excluding diaryl/α,β-unsaturated/α-hetero) is 1. The van der Waals surface area contributed by atoms with Crippen molar-refractivity contribution in [3.8, 4) is 12.3 Å². The quantitative estimate of drug-likeness (QED) is 0.382. The van der Waals surface area contributed by atoms with Crippen LogP contribution in [0.1, 0.15) is 16.2 Å². The van der Waals surface area contributed by atoms with Gasteiger partial charge < -0.3 is 0 Å². The summed E-state index contributed by atoms with van der Waals surface area (Å²) in [4.78, 5) is 15.6. The standard InChI is InChI=1S/C11H8N2O/c1-3-9(14)11-8(2)12-10-6-4-5-7-13(10)11/h1,4-7H,2H3. The molecule has 0 saturated heterocycles. The maximum absolute atomic E-state index is 11.4. The summed E-state index contributed by atoms with van der Waals surface area (Å²) in [5.74, 6) is 1.77. The molecule has 14 heavy (non-hydrogen) atoms. The summed E-state index contributed by atoms with van der Waals surface area (Å²) in [5.41, 5.74) is 1.88. The van der Waals surface area contributed by atoms with Gasteiger partial charge in [0.15, 0.2) is 0 Å². The second-order valence-corrected chi connectivity index (χ2v) is 2.95. The van der Waals surface area contributed by atoms with Crippen LogP contribution < -0.4 is 0 Å². The number of aryl methyl sites for hydroxylation is 1. The molecule has 0 atom stereocenters. The normalized spacial score (nSPS) is 10.0. The predicted molar refractivity (Wildman–Crippen MR) is 53.1 cm³/mol. The van der Waals surface area contributed by atoms with E-state index in [4.69, 9.17) is 6.42 Å². The number of carbonyl (C=O) groups is 1. The average Bonchev–Trinajstić information content (AvgIpc) is 2.53. The van der Waals surface area contributed by atoms with Crippen molar-refractivity contribution in [2.45, 2.75) is 6.92 Å². The molecule has 2 rings (SSSR count). The van der Waals surface area contributed by atoms with E-state index < -0.39 is 0 Å². The number of rotatable bonds is 1. The molecule has 0 amide bonds. The Morgan fingerprint density at radius 3 is 3.07 bits per heavy atom. The number of nitrogens with zero attached hydrogens (tertiary/aromatic N) is 2. The van der Waals surface area contributed by atoms with Gasteiger partial charge in [-0.2, -0.15) is 0 Å². The molecule has 2 heterocycles. The number of carbonyl (C=O) groups excluding carboxylic acids is 1. The Hall–Kier alpha value is -2.08. The van der Waals surface area contributed by atoms with Gasteiger partial charge in [-0.1, -0.05) is 6.07 Å². The number of aromatic nitrogens is 2. The summed E-state index contributed by atoms with van der Waals surface area (Å²) < 4.78 is 1.71. The van der Waals surface area contributed by atoms with Crippen molar-refractivity contribution >= 4 is 11.4 Å². The summed E-state index contributed by atoms with van der Waals surface area (Å²) in [5, 5.41) is 0. The third-order valence-electron chi connectivity index (χ3n) is 2.05. The topological polar surface area (TPSA) is 34.4 Å². The van der Waals surface area contributed by atoms with Crippen molar-refractivity contribution in [1.82, 2.24) is 9.38 Å². The lowest BCUT2D eigenvalue weighted by Crippen LogP contribution is -2.01. The molecule has 0 saturated carbocycles. The SMILES string of the molecule is C#CC(=O)c1c(C)nc2ccccn12. The summed E-state index contributed by atoms with van der Waals surface area (Å²) >= 11 is 0. The molecule has 0 aliphatic heterocycles. The van der Waals surface area contributed by atoms with Gasteiger partial charge in [0.1, 0.15) is 11.3 Å². The number of imidazole rings is 1. The minimum absolute atomic E-state index is 0.332. The predicted octanol–water partition coefficient (Wildman–Crippen LogP) is 1.46. The van der Waals surface area contributed by atoms with Crippen molar-refractivity contribution in [3.05, 3.63) is 35.8 Å². The molecule has 0 aromatic carbocycles. The Bertz CT molecular complexity index is 546. The first-order chi connectivity index (χ1) is 6.74. The molecule has 0 aliphatic carbocycles. The van der Waals surface area contributed by atoms with Crippen molar-refractivity contribution < 1.29 is 4.79 Å². The Morgan fingerprint density at radius 2 is 2.36 bits per heavy atom. The zero-order valence-electron chi connectivity index (χ0n) is 7.69. The van der Waals surface area contributed by atoms with Crippen LogP contribution in [0.2, 0.25) is 0 Å². The molecule has 2 aromatic rings.